The standard InChI is InChI=1S/C14H23NO2/c1-11(2)12(3)15-9-13(16)10-17-14-7-5-4-6-8-14/h4-8,11-13,15-16H,9-10H2,1-3H3. The van der Waals surface area contributed by atoms with Crippen molar-refractivity contribution in [3.05, 3.63) is 30.3 Å². The molecule has 0 fully saturated rings. The van der Waals surface area contributed by atoms with Gasteiger partial charge in [-0.2, -0.15) is 0 Å². The van der Waals surface area contributed by atoms with Crippen LogP contribution >= 0.6 is 0 Å². The number of hydrogen-bond donors (Lipinski definition) is 2. The second-order valence-corrected chi connectivity index (χ2v) is 4.72. The lowest BCUT2D eigenvalue weighted by atomic mass is 10.1. The van der Waals surface area contributed by atoms with Gasteiger partial charge in [-0.25, -0.2) is 0 Å². The van der Waals surface area contributed by atoms with Crippen LogP contribution in [0.2, 0.25) is 0 Å². The van der Waals surface area contributed by atoms with Crippen LogP contribution in [0.15, 0.2) is 30.3 Å². The van der Waals surface area contributed by atoms with E-state index in [-0.39, 0.29) is 0 Å². The largest absolute Gasteiger partial charge is 0.491 e. The molecule has 0 bridgehead atoms. The molecule has 17 heavy (non-hydrogen) atoms. The Morgan fingerprint density at radius 3 is 2.41 bits per heavy atom. The van der Waals surface area contributed by atoms with Crippen LogP contribution in [0.3, 0.4) is 0 Å². The third kappa shape index (κ3) is 5.71. The summed E-state index contributed by atoms with van der Waals surface area (Å²) >= 11 is 0. The Bertz CT molecular complexity index is 300. The van der Waals surface area contributed by atoms with E-state index in [2.05, 4.69) is 26.1 Å². The summed E-state index contributed by atoms with van der Waals surface area (Å²) in [6.07, 6.45) is -0.476. The number of nitrogens with one attached hydrogen (secondary N) is 1. The number of hydrogen-bond acceptors (Lipinski definition) is 3. The van der Waals surface area contributed by atoms with Gasteiger partial charge >= 0.3 is 0 Å². The van der Waals surface area contributed by atoms with Crippen molar-refractivity contribution in [1.29, 1.82) is 0 Å². The molecule has 1 aromatic rings. The first-order chi connectivity index (χ1) is 8.09. The fourth-order valence-corrected chi connectivity index (χ4v) is 1.33. The summed E-state index contributed by atoms with van der Waals surface area (Å²) in [5.41, 5.74) is 0. The highest BCUT2D eigenvalue weighted by atomic mass is 16.5. The predicted octanol–water partition coefficient (Wildman–Crippen LogP) is 2.06. The normalized spacial score (nSPS) is 14.6. The van der Waals surface area contributed by atoms with Gasteiger partial charge in [0.05, 0.1) is 0 Å². The van der Waals surface area contributed by atoms with E-state index in [1.54, 1.807) is 0 Å². The van der Waals surface area contributed by atoms with Crippen LogP contribution in [-0.4, -0.2) is 30.4 Å². The molecular formula is C14H23NO2. The SMILES string of the molecule is CC(C)C(C)NCC(O)COc1ccccc1. The van der Waals surface area contributed by atoms with E-state index >= 15 is 0 Å². The Hall–Kier alpha value is -1.06. The fraction of sp³-hybridized carbons (Fsp3) is 0.571. The van der Waals surface area contributed by atoms with Gasteiger partial charge in [-0.05, 0) is 25.0 Å². The van der Waals surface area contributed by atoms with Crippen molar-refractivity contribution in [3.8, 4) is 5.75 Å². The molecular weight excluding hydrogens is 214 g/mol. The lowest BCUT2D eigenvalue weighted by Gasteiger charge is -2.20. The van der Waals surface area contributed by atoms with Crippen LogP contribution in [0.1, 0.15) is 20.8 Å². The smallest absolute Gasteiger partial charge is 0.119 e. The van der Waals surface area contributed by atoms with Crippen molar-refractivity contribution in [3.63, 3.8) is 0 Å². The van der Waals surface area contributed by atoms with E-state index in [0.29, 0.717) is 25.1 Å². The molecule has 0 amide bonds. The van der Waals surface area contributed by atoms with E-state index in [9.17, 15) is 5.11 Å². The second kappa shape index (κ2) is 7.30. The van der Waals surface area contributed by atoms with Gasteiger partial charge in [0.25, 0.3) is 0 Å². The molecule has 0 aliphatic rings. The molecule has 1 rings (SSSR count). The first-order valence-corrected chi connectivity index (χ1v) is 6.19. The van der Waals surface area contributed by atoms with Crippen molar-refractivity contribution < 1.29 is 9.84 Å². The summed E-state index contributed by atoms with van der Waals surface area (Å²) in [5, 5.41) is 13.0. The zero-order valence-electron chi connectivity index (χ0n) is 10.9. The Morgan fingerprint density at radius 2 is 1.82 bits per heavy atom. The Morgan fingerprint density at radius 1 is 1.18 bits per heavy atom. The maximum Gasteiger partial charge on any atom is 0.119 e. The molecule has 2 N–H and O–H groups in total. The maximum absolute atomic E-state index is 9.75. The molecule has 1 aromatic carbocycles. The summed E-state index contributed by atoms with van der Waals surface area (Å²) in [5.74, 6) is 1.36. The second-order valence-electron chi connectivity index (χ2n) is 4.72. The highest BCUT2D eigenvalue weighted by Gasteiger charge is 2.10. The lowest BCUT2D eigenvalue weighted by molar-refractivity contribution is 0.102. The molecule has 0 aliphatic heterocycles. The highest BCUT2D eigenvalue weighted by Crippen LogP contribution is 2.08. The molecule has 0 spiro atoms. The van der Waals surface area contributed by atoms with Crippen LogP contribution in [0, 0.1) is 5.92 Å². The van der Waals surface area contributed by atoms with Crippen LogP contribution in [-0.2, 0) is 0 Å². The zero-order chi connectivity index (χ0) is 12.7. The van der Waals surface area contributed by atoms with Gasteiger partial charge in [-0.15, -0.1) is 0 Å². The van der Waals surface area contributed by atoms with E-state index in [1.165, 1.54) is 0 Å². The number of aliphatic hydroxyl groups excluding tert-OH is 1. The fourth-order valence-electron chi connectivity index (χ4n) is 1.33. The molecule has 0 saturated heterocycles. The zero-order valence-corrected chi connectivity index (χ0v) is 10.9. The van der Waals surface area contributed by atoms with Gasteiger partial charge in [0.2, 0.25) is 0 Å². The maximum atomic E-state index is 9.75. The molecule has 0 radical (unpaired) electrons. The topological polar surface area (TPSA) is 41.5 Å². The predicted molar refractivity (Wildman–Crippen MR) is 70.2 cm³/mol. The molecule has 0 heterocycles. The minimum Gasteiger partial charge on any atom is -0.491 e. The van der Waals surface area contributed by atoms with E-state index < -0.39 is 6.10 Å². The van der Waals surface area contributed by atoms with Gasteiger partial charge in [0.15, 0.2) is 0 Å². The van der Waals surface area contributed by atoms with E-state index in [0.717, 1.165) is 5.75 Å². The first kappa shape index (κ1) is 14.0. The van der Waals surface area contributed by atoms with Gasteiger partial charge in [0.1, 0.15) is 18.5 Å². The molecule has 2 unspecified atom stereocenters. The number of benzene rings is 1. The number of aliphatic hydroxyl groups is 1. The minimum atomic E-state index is -0.476. The number of ether oxygens (including phenoxy) is 1. The summed E-state index contributed by atoms with van der Waals surface area (Å²) in [4.78, 5) is 0. The molecule has 0 saturated carbocycles. The first-order valence-electron chi connectivity index (χ1n) is 6.19. The van der Waals surface area contributed by atoms with E-state index in [1.807, 2.05) is 30.3 Å². The van der Waals surface area contributed by atoms with Crippen LogP contribution in [0.5, 0.6) is 5.75 Å². The van der Waals surface area contributed by atoms with Crippen molar-refractivity contribution in [2.75, 3.05) is 13.2 Å². The highest BCUT2D eigenvalue weighted by molar-refractivity contribution is 5.20. The summed E-state index contributed by atoms with van der Waals surface area (Å²) in [6, 6.07) is 9.95. The summed E-state index contributed by atoms with van der Waals surface area (Å²) in [7, 11) is 0. The monoisotopic (exact) mass is 237 g/mol. The quantitative estimate of drug-likeness (QED) is 0.762. The summed E-state index contributed by atoms with van der Waals surface area (Å²) < 4.78 is 5.47. The number of para-hydroxylation sites is 1. The van der Waals surface area contributed by atoms with Gasteiger partial charge in [-0.3, -0.25) is 0 Å². The van der Waals surface area contributed by atoms with Crippen LogP contribution < -0.4 is 10.1 Å². The molecule has 0 aromatic heterocycles. The molecule has 3 heteroatoms. The number of rotatable bonds is 7. The average Bonchev–Trinajstić information content (AvgIpc) is 2.34. The Labute approximate surface area is 104 Å². The van der Waals surface area contributed by atoms with Crippen LogP contribution in [0.25, 0.3) is 0 Å². The van der Waals surface area contributed by atoms with E-state index in [4.69, 9.17) is 4.74 Å². The van der Waals surface area contributed by atoms with Gasteiger partial charge < -0.3 is 15.2 Å². The van der Waals surface area contributed by atoms with Gasteiger partial charge in [0, 0.05) is 12.6 Å². The molecule has 96 valence electrons. The van der Waals surface area contributed by atoms with Crippen molar-refractivity contribution in [2.45, 2.75) is 32.9 Å². The van der Waals surface area contributed by atoms with Gasteiger partial charge in [-0.1, -0.05) is 32.0 Å². The third-order valence-corrected chi connectivity index (χ3v) is 2.86. The van der Waals surface area contributed by atoms with Crippen molar-refractivity contribution >= 4 is 0 Å². The average molecular weight is 237 g/mol. The lowest BCUT2D eigenvalue weighted by Crippen LogP contribution is -2.38. The Balaban J connectivity index is 2.19. The van der Waals surface area contributed by atoms with Crippen molar-refractivity contribution in [2.24, 2.45) is 5.92 Å². The molecule has 0 aliphatic carbocycles. The van der Waals surface area contributed by atoms with Crippen molar-refractivity contribution in [1.82, 2.24) is 5.32 Å². The van der Waals surface area contributed by atoms with Crippen LogP contribution in [0.4, 0.5) is 0 Å². The molecule has 3 nitrogen and oxygen atoms in total. The minimum absolute atomic E-state index is 0.321. The molecule has 2 atom stereocenters. The third-order valence-electron chi connectivity index (χ3n) is 2.86. The summed E-state index contributed by atoms with van der Waals surface area (Å²) in [6.45, 7) is 7.32. The Kier molecular flexibility index (Phi) is 6.01.